The minimum atomic E-state index is 0.259. The van der Waals surface area contributed by atoms with Crippen LogP contribution in [0.5, 0.6) is 5.75 Å². The smallest absolute Gasteiger partial charge is 0.120 e. The lowest BCUT2D eigenvalue weighted by Gasteiger charge is -2.16. The molecule has 1 aliphatic carbocycles. The van der Waals surface area contributed by atoms with E-state index in [1.54, 1.807) is 0 Å². The maximum absolute atomic E-state index is 5.87. The zero-order valence-corrected chi connectivity index (χ0v) is 11.5. The molecule has 94 valence electrons. The molecule has 0 amide bonds. The van der Waals surface area contributed by atoms with Crippen LogP contribution < -0.4 is 4.74 Å². The van der Waals surface area contributed by atoms with E-state index in [4.69, 9.17) is 4.74 Å². The van der Waals surface area contributed by atoms with Crippen LogP contribution in [0, 0.1) is 0 Å². The average molecular weight is 232 g/mol. The van der Waals surface area contributed by atoms with Crippen LogP contribution in [-0.2, 0) is 0 Å². The summed E-state index contributed by atoms with van der Waals surface area (Å²) in [7, 11) is 0. The quantitative estimate of drug-likeness (QED) is 0.704. The van der Waals surface area contributed by atoms with Crippen LogP contribution >= 0.6 is 0 Å². The van der Waals surface area contributed by atoms with Crippen molar-refractivity contribution in [3.63, 3.8) is 0 Å². The molecular formula is C16H24O. The van der Waals surface area contributed by atoms with E-state index in [2.05, 4.69) is 45.9 Å². The molecule has 0 spiro atoms. The normalized spacial score (nSPS) is 17.2. The second kappa shape index (κ2) is 5.12. The summed E-state index contributed by atoms with van der Waals surface area (Å²) in [5, 5.41) is 0. The Hall–Kier alpha value is -0.980. The van der Waals surface area contributed by atoms with E-state index < -0.39 is 0 Å². The lowest BCUT2D eigenvalue weighted by molar-refractivity contribution is 0.242. The summed E-state index contributed by atoms with van der Waals surface area (Å²) >= 11 is 0. The number of rotatable bonds is 5. The van der Waals surface area contributed by atoms with E-state index in [0.29, 0.717) is 5.92 Å². The van der Waals surface area contributed by atoms with Crippen LogP contribution in [0.1, 0.15) is 69.9 Å². The highest BCUT2D eigenvalue weighted by Crippen LogP contribution is 2.42. The molecule has 1 atom stereocenters. The summed E-state index contributed by atoms with van der Waals surface area (Å²) in [6.45, 7) is 8.72. The molecule has 0 aromatic heterocycles. The molecule has 1 aliphatic rings. The maximum Gasteiger partial charge on any atom is 0.120 e. The molecule has 0 heterocycles. The van der Waals surface area contributed by atoms with Gasteiger partial charge >= 0.3 is 0 Å². The molecule has 1 fully saturated rings. The van der Waals surface area contributed by atoms with Crippen molar-refractivity contribution in [1.29, 1.82) is 0 Å². The van der Waals surface area contributed by atoms with Crippen LogP contribution in [-0.4, -0.2) is 6.10 Å². The number of hydrogen-bond donors (Lipinski definition) is 0. The van der Waals surface area contributed by atoms with Gasteiger partial charge < -0.3 is 4.74 Å². The fourth-order valence-electron chi connectivity index (χ4n) is 2.16. The average Bonchev–Trinajstić information content (AvgIpc) is 3.10. The van der Waals surface area contributed by atoms with Crippen LogP contribution in [0.25, 0.3) is 0 Å². The van der Waals surface area contributed by atoms with Crippen LogP contribution in [0.3, 0.4) is 0 Å². The van der Waals surface area contributed by atoms with Gasteiger partial charge in [0.2, 0.25) is 0 Å². The summed E-state index contributed by atoms with van der Waals surface area (Å²) in [6, 6.07) is 6.85. The molecule has 1 unspecified atom stereocenters. The molecule has 1 aromatic rings. The first-order valence-corrected chi connectivity index (χ1v) is 6.91. The molecule has 0 N–H and O–H groups in total. The van der Waals surface area contributed by atoms with Gasteiger partial charge in [0.25, 0.3) is 0 Å². The van der Waals surface area contributed by atoms with E-state index >= 15 is 0 Å². The molecular weight excluding hydrogens is 208 g/mol. The number of benzene rings is 1. The van der Waals surface area contributed by atoms with Gasteiger partial charge in [-0.15, -0.1) is 0 Å². The van der Waals surface area contributed by atoms with Crippen molar-refractivity contribution < 1.29 is 4.74 Å². The molecule has 2 rings (SSSR count). The zero-order chi connectivity index (χ0) is 12.4. The SMILES string of the molecule is CCC(C)c1cc(OC(C)C)cc(C2CC2)c1. The van der Waals surface area contributed by atoms with E-state index in [1.807, 2.05) is 0 Å². The van der Waals surface area contributed by atoms with Gasteiger partial charge in [-0.25, -0.2) is 0 Å². The summed E-state index contributed by atoms with van der Waals surface area (Å²) in [6.07, 6.45) is 4.15. The molecule has 1 heteroatoms. The lowest BCUT2D eigenvalue weighted by atomic mass is 9.95. The minimum absolute atomic E-state index is 0.259. The van der Waals surface area contributed by atoms with Gasteiger partial charge in [-0.2, -0.15) is 0 Å². The Morgan fingerprint density at radius 2 is 1.88 bits per heavy atom. The largest absolute Gasteiger partial charge is 0.491 e. The van der Waals surface area contributed by atoms with E-state index in [0.717, 1.165) is 11.7 Å². The molecule has 1 saturated carbocycles. The molecule has 0 radical (unpaired) electrons. The second-order valence-electron chi connectivity index (χ2n) is 5.59. The highest BCUT2D eigenvalue weighted by atomic mass is 16.5. The first-order chi connectivity index (χ1) is 8.10. The van der Waals surface area contributed by atoms with Crippen LogP contribution in [0.15, 0.2) is 18.2 Å². The Labute approximate surface area is 105 Å². The summed E-state index contributed by atoms with van der Waals surface area (Å²) < 4.78 is 5.87. The van der Waals surface area contributed by atoms with Gasteiger partial charge in [0.15, 0.2) is 0 Å². The number of hydrogen-bond acceptors (Lipinski definition) is 1. The summed E-state index contributed by atoms with van der Waals surface area (Å²) in [5.74, 6) is 2.48. The molecule has 1 nitrogen and oxygen atoms in total. The van der Waals surface area contributed by atoms with Gasteiger partial charge in [-0.1, -0.05) is 19.9 Å². The second-order valence-corrected chi connectivity index (χ2v) is 5.59. The first-order valence-electron chi connectivity index (χ1n) is 6.91. The van der Waals surface area contributed by atoms with Crippen molar-refractivity contribution in [1.82, 2.24) is 0 Å². The van der Waals surface area contributed by atoms with E-state index in [9.17, 15) is 0 Å². The molecule has 1 aromatic carbocycles. The number of ether oxygens (including phenoxy) is 1. The zero-order valence-electron chi connectivity index (χ0n) is 11.5. The van der Waals surface area contributed by atoms with Gasteiger partial charge in [-0.3, -0.25) is 0 Å². The maximum atomic E-state index is 5.87. The standard InChI is InChI=1S/C16H24O/c1-5-12(4)14-8-15(13-6-7-13)10-16(9-14)17-11(2)3/h8-13H,5-7H2,1-4H3. The Kier molecular flexibility index (Phi) is 3.76. The third-order valence-electron chi connectivity index (χ3n) is 3.55. The predicted molar refractivity (Wildman–Crippen MR) is 72.9 cm³/mol. The van der Waals surface area contributed by atoms with Gasteiger partial charge in [0, 0.05) is 0 Å². The van der Waals surface area contributed by atoms with Crippen LogP contribution in [0.4, 0.5) is 0 Å². The monoisotopic (exact) mass is 232 g/mol. The first kappa shape index (κ1) is 12.5. The van der Waals surface area contributed by atoms with Gasteiger partial charge in [0.05, 0.1) is 6.10 Å². The van der Waals surface area contributed by atoms with Crippen molar-refractivity contribution in [2.24, 2.45) is 0 Å². The third-order valence-corrected chi connectivity index (χ3v) is 3.55. The Balaban J connectivity index is 2.28. The van der Waals surface area contributed by atoms with Crippen molar-refractivity contribution in [2.45, 2.75) is 64.9 Å². The molecule has 0 bridgehead atoms. The van der Waals surface area contributed by atoms with Crippen molar-refractivity contribution >= 4 is 0 Å². The molecule has 0 aliphatic heterocycles. The summed E-state index contributed by atoms with van der Waals surface area (Å²) in [4.78, 5) is 0. The van der Waals surface area contributed by atoms with Gasteiger partial charge in [0.1, 0.15) is 5.75 Å². The van der Waals surface area contributed by atoms with Crippen molar-refractivity contribution in [3.8, 4) is 5.75 Å². The Morgan fingerprint density at radius 1 is 1.18 bits per heavy atom. The summed E-state index contributed by atoms with van der Waals surface area (Å²) in [5.41, 5.74) is 2.92. The third kappa shape index (κ3) is 3.24. The predicted octanol–water partition coefficient (Wildman–Crippen LogP) is 4.86. The minimum Gasteiger partial charge on any atom is -0.491 e. The van der Waals surface area contributed by atoms with Crippen molar-refractivity contribution in [2.75, 3.05) is 0 Å². The fraction of sp³-hybridized carbons (Fsp3) is 0.625. The topological polar surface area (TPSA) is 9.23 Å². The Morgan fingerprint density at radius 3 is 2.41 bits per heavy atom. The van der Waals surface area contributed by atoms with Gasteiger partial charge in [-0.05, 0) is 68.2 Å². The molecule has 17 heavy (non-hydrogen) atoms. The highest BCUT2D eigenvalue weighted by molar-refractivity contribution is 5.39. The lowest BCUT2D eigenvalue weighted by Crippen LogP contribution is -2.06. The highest BCUT2D eigenvalue weighted by Gasteiger charge is 2.25. The van der Waals surface area contributed by atoms with Crippen molar-refractivity contribution in [3.05, 3.63) is 29.3 Å². The fourth-order valence-corrected chi connectivity index (χ4v) is 2.16. The van der Waals surface area contributed by atoms with E-state index in [-0.39, 0.29) is 6.10 Å². The van der Waals surface area contributed by atoms with Crippen LogP contribution in [0.2, 0.25) is 0 Å². The van der Waals surface area contributed by atoms with E-state index in [1.165, 1.54) is 30.4 Å². The molecule has 0 saturated heterocycles. The Bertz CT molecular complexity index is 377.